The number of nitrogens with one attached hydrogen (secondary N) is 2. The van der Waals surface area contributed by atoms with Crippen molar-refractivity contribution in [3.05, 3.63) is 80.5 Å². The standard InChI is InChI=1S/C27H22FN3O4S2/c28-13-8-6-12(7-9-13)18-19-15-10-16(22(19)36-24-23(18)37-27(35)30-24)21-20(15)25(33)31(26(21)34)11-17(32)29-14-4-2-1-3-5-14/h1-9,15-16,18-22H,10-11H2,(H,29,32)(H,30,35). The largest absolute Gasteiger partial charge is 0.325 e. The van der Waals surface area contributed by atoms with Gasteiger partial charge < -0.3 is 10.3 Å². The zero-order valence-electron chi connectivity index (χ0n) is 19.4. The Morgan fingerprint density at radius 1 is 1.00 bits per heavy atom. The lowest BCUT2D eigenvalue weighted by Gasteiger charge is -2.43. The number of thioether (sulfide) groups is 1. The summed E-state index contributed by atoms with van der Waals surface area (Å²) in [5, 5.41) is 3.62. The number of hydrogen-bond acceptors (Lipinski definition) is 6. The third-order valence-corrected chi connectivity index (χ3v) is 11.0. The number of para-hydroxylation sites is 1. The highest BCUT2D eigenvalue weighted by Crippen LogP contribution is 2.68. The van der Waals surface area contributed by atoms with E-state index in [4.69, 9.17) is 0 Å². The molecule has 3 heterocycles. The molecule has 4 aliphatic rings. The van der Waals surface area contributed by atoms with Gasteiger partial charge in [0.15, 0.2) is 0 Å². The number of fused-ring (bicyclic) bond motifs is 9. The van der Waals surface area contributed by atoms with Crippen LogP contribution >= 0.6 is 23.1 Å². The molecule has 1 saturated heterocycles. The predicted octanol–water partition coefficient (Wildman–Crippen LogP) is 3.69. The normalized spacial score (nSPS) is 31.3. The number of aromatic nitrogens is 1. The van der Waals surface area contributed by atoms with Crippen LogP contribution in [0.2, 0.25) is 0 Å². The molecule has 7 unspecified atom stereocenters. The number of benzene rings is 2. The summed E-state index contributed by atoms with van der Waals surface area (Å²) in [4.78, 5) is 57.0. The number of carbonyl (C=O) groups is 3. The summed E-state index contributed by atoms with van der Waals surface area (Å²) in [5.41, 5.74) is 1.52. The van der Waals surface area contributed by atoms with Gasteiger partial charge in [0.25, 0.3) is 0 Å². The summed E-state index contributed by atoms with van der Waals surface area (Å²) in [7, 11) is 0. The van der Waals surface area contributed by atoms with Crippen molar-refractivity contribution in [2.75, 3.05) is 11.9 Å². The minimum atomic E-state index is -0.468. The first-order chi connectivity index (χ1) is 17.9. The van der Waals surface area contributed by atoms with E-state index in [0.29, 0.717) is 5.69 Å². The van der Waals surface area contributed by atoms with E-state index in [2.05, 4.69) is 10.3 Å². The average molecular weight is 536 g/mol. The van der Waals surface area contributed by atoms with Crippen LogP contribution < -0.4 is 10.2 Å². The molecule has 7 nitrogen and oxygen atoms in total. The van der Waals surface area contributed by atoms with E-state index < -0.39 is 17.7 Å². The van der Waals surface area contributed by atoms with Crippen LogP contribution in [0.4, 0.5) is 10.1 Å². The highest BCUT2D eigenvalue weighted by molar-refractivity contribution is 8.00. The highest BCUT2D eigenvalue weighted by Gasteiger charge is 2.69. The molecule has 3 fully saturated rings. The van der Waals surface area contributed by atoms with Gasteiger partial charge in [-0.2, -0.15) is 0 Å². The molecule has 7 rings (SSSR count). The van der Waals surface area contributed by atoms with Crippen LogP contribution in [0.1, 0.15) is 22.8 Å². The Balaban J connectivity index is 1.20. The minimum Gasteiger partial charge on any atom is -0.325 e. The Bertz CT molecular complexity index is 1490. The molecule has 2 N–H and O–H groups in total. The highest BCUT2D eigenvalue weighted by atomic mass is 32.2. The number of likely N-dealkylation sites (tertiary alicyclic amines) is 1. The van der Waals surface area contributed by atoms with E-state index in [-0.39, 0.29) is 58.0 Å². The topological polar surface area (TPSA) is 99.3 Å². The number of amides is 3. The van der Waals surface area contributed by atoms with Crippen LogP contribution in [-0.2, 0) is 14.4 Å². The molecule has 3 aromatic rings. The van der Waals surface area contributed by atoms with Gasteiger partial charge in [0, 0.05) is 21.7 Å². The van der Waals surface area contributed by atoms with E-state index in [9.17, 15) is 23.6 Å². The Morgan fingerprint density at radius 3 is 2.43 bits per heavy atom. The molecule has 3 amide bonds. The van der Waals surface area contributed by atoms with Crippen molar-refractivity contribution in [3.63, 3.8) is 0 Å². The van der Waals surface area contributed by atoms with Gasteiger partial charge in [-0.15, -0.1) is 11.8 Å². The first kappa shape index (κ1) is 22.9. The molecular weight excluding hydrogens is 513 g/mol. The second kappa shape index (κ2) is 8.39. The van der Waals surface area contributed by atoms with E-state index in [1.807, 2.05) is 6.07 Å². The van der Waals surface area contributed by atoms with Gasteiger partial charge in [-0.3, -0.25) is 24.1 Å². The lowest BCUT2D eigenvalue weighted by molar-refractivity contribution is -0.143. The zero-order valence-corrected chi connectivity index (χ0v) is 21.1. The zero-order chi connectivity index (χ0) is 25.4. The number of hydrogen-bond donors (Lipinski definition) is 2. The predicted molar refractivity (Wildman–Crippen MR) is 137 cm³/mol. The second-order valence-electron chi connectivity index (χ2n) is 10.2. The van der Waals surface area contributed by atoms with Gasteiger partial charge in [0.1, 0.15) is 12.4 Å². The first-order valence-corrected chi connectivity index (χ1v) is 14.0. The number of aromatic amines is 1. The summed E-state index contributed by atoms with van der Waals surface area (Å²) in [6.07, 6.45) is 0.760. The molecule has 1 aromatic heterocycles. The minimum absolute atomic E-state index is 0.0249. The monoisotopic (exact) mass is 535 g/mol. The molecule has 2 aromatic carbocycles. The van der Waals surface area contributed by atoms with Gasteiger partial charge in [-0.25, -0.2) is 4.39 Å². The lowest BCUT2D eigenvalue weighted by Crippen LogP contribution is -2.42. The maximum absolute atomic E-state index is 13.7. The summed E-state index contributed by atoms with van der Waals surface area (Å²) in [6, 6.07) is 15.3. The van der Waals surface area contributed by atoms with Gasteiger partial charge >= 0.3 is 4.87 Å². The molecule has 188 valence electrons. The molecule has 2 aliphatic heterocycles. The number of rotatable bonds is 4. The van der Waals surface area contributed by atoms with Crippen molar-refractivity contribution in [1.29, 1.82) is 0 Å². The first-order valence-electron chi connectivity index (χ1n) is 12.3. The van der Waals surface area contributed by atoms with Crippen LogP contribution in [0.3, 0.4) is 0 Å². The van der Waals surface area contributed by atoms with Gasteiger partial charge in [0.05, 0.1) is 16.9 Å². The molecule has 10 heteroatoms. The smallest absolute Gasteiger partial charge is 0.305 e. The lowest BCUT2D eigenvalue weighted by atomic mass is 9.68. The fraction of sp³-hybridized carbons (Fsp3) is 0.333. The number of carbonyl (C=O) groups excluding carboxylic acids is 3. The molecule has 2 bridgehead atoms. The molecule has 2 aliphatic carbocycles. The quantitative estimate of drug-likeness (QED) is 0.497. The maximum Gasteiger partial charge on any atom is 0.305 e. The fourth-order valence-corrected chi connectivity index (χ4v) is 10.0. The summed E-state index contributed by atoms with van der Waals surface area (Å²) in [5.74, 6) is -2.39. The third-order valence-electron chi connectivity index (χ3n) is 8.40. The van der Waals surface area contributed by atoms with Crippen LogP contribution in [-0.4, -0.2) is 39.4 Å². The number of H-pyrrole nitrogens is 1. The van der Waals surface area contributed by atoms with Crippen molar-refractivity contribution >= 4 is 46.5 Å². The Hall–Kier alpha value is -3.24. The fourth-order valence-electron chi connectivity index (χ4n) is 7.14. The molecule has 2 saturated carbocycles. The van der Waals surface area contributed by atoms with Gasteiger partial charge in [-0.1, -0.05) is 41.7 Å². The Kier molecular flexibility index (Phi) is 5.20. The molecule has 37 heavy (non-hydrogen) atoms. The summed E-state index contributed by atoms with van der Waals surface area (Å²) >= 11 is 2.77. The number of nitrogens with zero attached hydrogens (tertiary/aromatic N) is 1. The molecular formula is C27H22FN3O4S2. The van der Waals surface area contributed by atoms with E-state index in [0.717, 1.165) is 26.8 Å². The third kappa shape index (κ3) is 3.45. The van der Waals surface area contributed by atoms with Gasteiger partial charge in [0.2, 0.25) is 17.7 Å². The van der Waals surface area contributed by atoms with Crippen LogP contribution in [0.25, 0.3) is 0 Å². The van der Waals surface area contributed by atoms with Crippen molar-refractivity contribution < 1.29 is 18.8 Å². The Morgan fingerprint density at radius 2 is 1.70 bits per heavy atom. The summed E-state index contributed by atoms with van der Waals surface area (Å²) in [6.45, 7) is -0.302. The van der Waals surface area contributed by atoms with Crippen LogP contribution in [0.5, 0.6) is 0 Å². The van der Waals surface area contributed by atoms with Crippen molar-refractivity contribution in [3.8, 4) is 0 Å². The second-order valence-corrected chi connectivity index (χ2v) is 12.4. The van der Waals surface area contributed by atoms with E-state index in [1.54, 1.807) is 48.2 Å². The molecule has 0 radical (unpaired) electrons. The van der Waals surface area contributed by atoms with Crippen molar-refractivity contribution in [2.24, 2.45) is 29.6 Å². The number of halogens is 1. The van der Waals surface area contributed by atoms with E-state index in [1.165, 1.54) is 23.5 Å². The molecule has 7 atom stereocenters. The van der Waals surface area contributed by atoms with Crippen molar-refractivity contribution in [1.82, 2.24) is 9.88 Å². The van der Waals surface area contributed by atoms with Crippen LogP contribution in [0, 0.1) is 35.4 Å². The Labute approximate surface area is 219 Å². The number of imide groups is 1. The summed E-state index contributed by atoms with van der Waals surface area (Å²) < 4.78 is 13.7. The number of anilines is 1. The van der Waals surface area contributed by atoms with Crippen molar-refractivity contribution in [2.45, 2.75) is 22.6 Å². The number of thiazole rings is 1. The SMILES string of the molecule is O=C(CN1C(=O)C2C3CC(C2C1=O)C1C(c2ccc(F)cc2)c2sc(=O)[nH]c2SC31)Nc1ccccc1. The van der Waals surface area contributed by atoms with E-state index >= 15 is 0 Å². The van der Waals surface area contributed by atoms with Gasteiger partial charge in [-0.05, 0) is 54.0 Å². The van der Waals surface area contributed by atoms with Crippen LogP contribution in [0.15, 0.2) is 64.4 Å². The maximum atomic E-state index is 13.7. The average Bonchev–Trinajstić information content (AvgIpc) is 3.61. The molecule has 0 spiro atoms.